The summed E-state index contributed by atoms with van der Waals surface area (Å²) in [6.07, 6.45) is 4.04. The molecule has 0 spiro atoms. The molecule has 0 aliphatic rings. The molecule has 0 atom stereocenters. The fourth-order valence-corrected chi connectivity index (χ4v) is 2.73. The maximum atomic E-state index is 11.6. The number of aromatic carboxylic acids is 1. The average Bonchev–Trinajstić information content (AvgIpc) is 2.76. The minimum absolute atomic E-state index is 0.330. The lowest BCUT2D eigenvalue weighted by atomic mass is 9.96. The van der Waals surface area contributed by atoms with Crippen molar-refractivity contribution in [3.8, 4) is 0 Å². The van der Waals surface area contributed by atoms with Crippen LogP contribution in [0.5, 0.6) is 0 Å². The van der Waals surface area contributed by atoms with E-state index in [1.165, 1.54) is 5.56 Å². The molecule has 0 amide bonds. The highest BCUT2D eigenvalue weighted by Crippen LogP contribution is 2.30. The van der Waals surface area contributed by atoms with Gasteiger partial charge in [-0.3, -0.25) is 0 Å². The number of hydrogen-bond donors (Lipinski definition) is 1. The Morgan fingerprint density at radius 3 is 2.50 bits per heavy atom. The molecule has 0 fully saturated rings. The number of hydrogen-bond acceptors (Lipinski definition) is 1. The van der Waals surface area contributed by atoms with Crippen LogP contribution in [0.4, 0.5) is 0 Å². The van der Waals surface area contributed by atoms with Crippen LogP contribution in [-0.2, 0) is 13.0 Å². The van der Waals surface area contributed by atoms with E-state index >= 15 is 0 Å². The molecule has 3 heteroatoms. The van der Waals surface area contributed by atoms with E-state index in [1.807, 2.05) is 6.07 Å². The number of aryl methyl sites for hydroxylation is 2. The van der Waals surface area contributed by atoms with Crippen LogP contribution in [0.2, 0.25) is 0 Å². The molecule has 0 bridgehead atoms. The Morgan fingerprint density at radius 1 is 1.30 bits per heavy atom. The number of benzene rings is 1. The van der Waals surface area contributed by atoms with Gasteiger partial charge in [0.25, 0.3) is 0 Å². The van der Waals surface area contributed by atoms with E-state index < -0.39 is 5.97 Å². The Morgan fingerprint density at radius 2 is 2.00 bits per heavy atom. The summed E-state index contributed by atoms with van der Waals surface area (Å²) in [5, 5.41) is 10.7. The Balaban J connectivity index is 2.82. The number of rotatable bonds is 5. The molecule has 1 aromatic carbocycles. The second kappa shape index (κ2) is 5.70. The van der Waals surface area contributed by atoms with Crippen LogP contribution < -0.4 is 0 Å². The van der Waals surface area contributed by atoms with Gasteiger partial charge in [-0.15, -0.1) is 0 Å². The third-order valence-electron chi connectivity index (χ3n) is 3.82. The van der Waals surface area contributed by atoms with Crippen molar-refractivity contribution in [3.63, 3.8) is 0 Å². The zero-order valence-corrected chi connectivity index (χ0v) is 12.7. The van der Waals surface area contributed by atoms with Gasteiger partial charge in [-0.2, -0.15) is 0 Å². The predicted molar refractivity (Wildman–Crippen MR) is 82.7 cm³/mol. The van der Waals surface area contributed by atoms with Crippen molar-refractivity contribution in [2.24, 2.45) is 0 Å². The summed E-state index contributed by atoms with van der Waals surface area (Å²) >= 11 is 0. The largest absolute Gasteiger partial charge is 0.478 e. The fourth-order valence-electron chi connectivity index (χ4n) is 2.73. The highest BCUT2D eigenvalue weighted by molar-refractivity contribution is 6.04. The lowest BCUT2D eigenvalue weighted by Crippen LogP contribution is -2.04. The van der Waals surface area contributed by atoms with Crippen LogP contribution >= 0.6 is 0 Å². The van der Waals surface area contributed by atoms with E-state index in [1.54, 1.807) is 0 Å². The van der Waals surface area contributed by atoms with E-state index in [0.29, 0.717) is 11.5 Å². The normalized spacial score (nSPS) is 11.4. The van der Waals surface area contributed by atoms with Crippen molar-refractivity contribution in [3.05, 3.63) is 35.0 Å². The molecule has 0 saturated heterocycles. The van der Waals surface area contributed by atoms with Gasteiger partial charge in [-0.1, -0.05) is 27.7 Å². The van der Waals surface area contributed by atoms with Crippen LogP contribution in [0, 0.1) is 0 Å². The fraction of sp³-hybridized carbons (Fsp3) is 0.471. The summed E-state index contributed by atoms with van der Waals surface area (Å²) < 4.78 is 2.10. The molecular formula is C17H23NO2. The molecule has 1 aromatic heterocycles. The smallest absolute Gasteiger partial charge is 0.337 e. The average molecular weight is 273 g/mol. The lowest BCUT2D eigenvalue weighted by Gasteiger charge is -2.11. The van der Waals surface area contributed by atoms with Crippen molar-refractivity contribution in [1.82, 2.24) is 4.57 Å². The van der Waals surface area contributed by atoms with E-state index in [0.717, 1.165) is 35.9 Å². The minimum Gasteiger partial charge on any atom is -0.478 e. The molecule has 2 rings (SSSR count). The Bertz CT molecular complexity index is 638. The maximum absolute atomic E-state index is 11.6. The molecule has 1 N–H and O–H groups in total. The molecule has 0 radical (unpaired) electrons. The van der Waals surface area contributed by atoms with Gasteiger partial charge in [0.1, 0.15) is 0 Å². The Labute approximate surface area is 120 Å². The third kappa shape index (κ3) is 2.45. The standard InChI is InChI=1S/C17H23NO2/c1-5-7-18-10-12(6-2)14-8-13(11(3)4)9-15(16(14)18)17(19)20/h8-11H,5-7H2,1-4H3,(H,19,20). The van der Waals surface area contributed by atoms with Crippen molar-refractivity contribution in [2.45, 2.75) is 53.0 Å². The molecule has 0 aliphatic heterocycles. The van der Waals surface area contributed by atoms with Crippen LogP contribution in [0.15, 0.2) is 18.3 Å². The number of fused-ring (bicyclic) bond motifs is 1. The topological polar surface area (TPSA) is 42.2 Å². The summed E-state index contributed by atoms with van der Waals surface area (Å²) in [5.41, 5.74) is 3.64. The number of aromatic nitrogens is 1. The SMILES string of the molecule is CCCn1cc(CC)c2cc(C(C)C)cc(C(=O)O)c21. The van der Waals surface area contributed by atoms with Gasteiger partial charge in [0, 0.05) is 18.1 Å². The van der Waals surface area contributed by atoms with Gasteiger partial charge in [-0.05, 0) is 42.0 Å². The Hall–Kier alpha value is -1.77. The van der Waals surface area contributed by atoms with E-state index in [9.17, 15) is 9.90 Å². The molecule has 2 aromatic rings. The summed E-state index contributed by atoms with van der Waals surface area (Å²) in [4.78, 5) is 11.6. The Kier molecular flexibility index (Phi) is 4.17. The summed E-state index contributed by atoms with van der Waals surface area (Å²) in [7, 11) is 0. The van der Waals surface area contributed by atoms with Gasteiger partial charge in [0.05, 0.1) is 11.1 Å². The number of nitrogens with zero attached hydrogens (tertiary/aromatic N) is 1. The first kappa shape index (κ1) is 14.6. The highest BCUT2D eigenvalue weighted by Gasteiger charge is 2.18. The summed E-state index contributed by atoms with van der Waals surface area (Å²) in [6, 6.07) is 4.00. The number of carbonyl (C=O) groups is 1. The molecule has 108 valence electrons. The van der Waals surface area contributed by atoms with Gasteiger partial charge < -0.3 is 9.67 Å². The predicted octanol–water partition coefficient (Wildman–Crippen LogP) is 4.44. The molecule has 0 aliphatic carbocycles. The minimum atomic E-state index is -0.837. The van der Waals surface area contributed by atoms with Crippen molar-refractivity contribution in [1.29, 1.82) is 0 Å². The van der Waals surface area contributed by atoms with Crippen molar-refractivity contribution in [2.75, 3.05) is 0 Å². The number of carboxylic acids is 1. The zero-order chi connectivity index (χ0) is 14.9. The van der Waals surface area contributed by atoms with Gasteiger partial charge in [0.2, 0.25) is 0 Å². The van der Waals surface area contributed by atoms with E-state index in [2.05, 4.69) is 44.5 Å². The van der Waals surface area contributed by atoms with Crippen LogP contribution in [-0.4, -0.2) is 15.6 Å². The zero-order valence-electron chi connectivity index (χ0n) is 12.7. The molecule has 3 nitrogen and oxygen atoms in total. The second-order valence-electron chi connectivity index (χ2n) is 5.63. The molecular weight excluding hydrogens is 250 g/mol. The highest BCUT2D eigenvalue weighted by atomic mass is 16.4. The first-order chi connectivity index (χ1) is 9.49. The van der Waals surface area contributed by atoms with E-state index in [-0.39, 0.29) is 0 Å². The second-order valence-corrected chi connectivity index (χ2v) is 5.63. The van der Waals surface area contributed by atoms with Gasteiger partial charge in [0.15, 0.2) is 0 Å². The first-order valence-corrected chi connectivity index (χ1v) is 7.38. The summed E-state index contributed by atoms with van der Waals surface area (Å²) in [6.45, 7) is 9.29. The lowest BCUT2D eigenvalue weighted by molar-refractivity contribution is 0.0698. The molecule has 20 heavy (non-hydrogen) atoms. The third-order valence-corrected chi connectivity index (χ3v) is 3.82. The van der Waals surface area contributed by atoms with Crippen LogP contribution in [0.25, 0.3) is 10.9 Å². The first-order valence-electron chi connectivity index (χ1n) is 7.38. The molecule has 0 unspecified atom stereocenters. The quantitative estimate of drug-likeness (QED) is 0.875. The van der Waals surface area contributed by atoms with Gasteiger partial charge >= 0.3 is 5.97 Å². The van der Waals surface area contributed by atoms with Crippen LogP contribution in [0.1, 0.15) is 61.5 Å². The van der Waals surface area contributed by atoms with Crippen molar-refractivity contribution < 1.29 is 9.90 Å². The van der Waals surface area contributed by atoms with Crippen LogP contribution in [0.3, 0.4) is 0 Å². The molecule has 1 heterocycles. The van der Waals surface area contributed by atoms with Crippen molar-refractivity contribution >= 4 is 16.9 Å². The van der Waals surface area contributed by atoms with Gasteiger partial charge in [-0.25, -0.2) is 4.79 Å². The maximum Gasteiger partial charge on any atom is 0.337 e. The monoisotopic (exact) mass is 273 g/mol. The number of carboxylic acid groups (broad SMARTS) is 1. The van der Waals surface area contributed by atoms with E-state index in [4.69, 9.17) is 0 Å². The molecule has 0 saturated carbocycles. The summed E-state index contributed by atoms with van der Waals surface area (Å²) in [5.74, 6) is -0.507.